The number of aryl methyl sites for hydroxylation is 1. The minimum absolute atomic E-state index is 0.0812. The number of hydrogen-bond acceptors (Lipinski definition) is 4. The van der Waals surface area contributed by atoms with Crippen LogP contribution in [0.5, 0.6) is 0 Å². The molecule has 1 aliphatic rings. The van der Waals surface area contributed by atoms with Gasteiger partial charge in [-0.05, 0) is 60.0 Å². The van der Waals surface area contributed by atoms with Crippen molar-refractivity contribution in [3.8, 4) is 5.69 Å². The normalized spacial score (nSPS) is 17.9. The van der Waals surface area contributed by atoms with E-state index < -0.39 is 10.0 Å². The summed E-state index contributed by atoms with van der Waals surface area (Å²) in [5.41, 5.74) is 5.07. The SMILES string of the molecule is Cc1cc2c(cnn2-c2ccc(F)cc2)cc1C1CN(S(C)(=O)=O)CCN1Cc1ccccc1. The van der Waals surface area contributed by atoms with E-state index in [1.54, 1.807) is 27.3 Å². The zero-order valence-electron chi connectivity index (χ0n) is 19.2. The largest absolute Gasteiger partial charge is 0.289 e. The molecule has 8 heteroatoms. The molecule has 2 heterocycles. The lowest BCUT2D eigenvalue weighted by atomic mass is 9.96. The maximum Gasteiger partial charge on any atom is 0.211 e. The van der Waals surface area contributed by atoms with Crippen molar-refractivity contribution in [2.75, 3.05) is 25.9 Å². The van der Waals surface area contributed by atoms with Crippen LogP contribution < -0.4 is 0 Å². The van der Waals surface area contributed by atoms with Crippen molar-refractivity contribution in [3.05, 3.63) is 95.4 Å². The predicted octanol–water partition coefficient (Wildman–Crippen LogP) is 4.29. The van der Waals surface area contributed by atoms with Crippen LogP contribution in [0.1, 0.15) is 22.7 Å². The van der Waals surface area contributed by atoms with Gasteiger partial charge in [-0.1, -0.05) is 30.3 Å². The Hall–Kier alpha value is -3.07. The molecule has 5 rings (SSSR count). The molecular weight excluding hydrogens is 451 g/mol. The number of halogens is 1. The Morgan fingerprint density at radius 1 is 1.03 bits per heavy atom. The van der Waals surface area contributed by atoms with Gasteiger partial charge in [-0.2, -0.15) is 9.40 Å². The number of aromatic nitrogens is 2. The van der Waals surface area contributed by atoms with E-state index in [2.05, 4.69) is 41.2 Å². The van der Waals surface area contributed by atoms with Crippen LogP contribution >= 0.6 is 0 Å². The van der Waals surface area contributed by atoms with Gasteiger partial charge in [0.25, 0.3) is 0 Å². The summed E-state index contributed by atoms with van der Waals surface area (Å²) in [7, 11) is -3.29. The van der Waals surface area contributed by atoms with Crippen LogP contribution in [0.15, 0.2) is 72.9 Å². The van der Waals surface area contributed by atoms with Gasteiger partial charge in [-0.15, -0.1) is 0 Å². The van der Waals surface area contributed by atoms with Crippen molar-refractivity contribution in [3.63, 3.8) is 0 Å². The fourth-order valence-corrected chi connectivity index (χ4v) is 5.57. The molecule has 0 radical (unpaired) electrons. The van der Waals surface area contributed by atoms with Gasteiger partial charge in [0.2, 0.25) is 10.0 Å². The number of benzene rings is 3. The van der Waals surface area contributed by atoms with Gasteiger partial charge >= 0.3 is 0 Å². The molecule has 4 aromatic rings. The summed E-state index contributed by atoms with van der Waals surface area (Å²) in [5, 5.41) is 5.50. The van der Waals surface area contributed by atoms with Crippen molar-refractivity contribution in [1.82, 2.24) is 19.0 Å². The highest BCUT2D eigenvalue weighted by Crippen LogP contribution is 2.33. The summed E-state index contributed by atoms with van der Waals surface area (Å²) in [6.45, 7) is 4.33. The Bertz CT molecular complexity index is 1420. The zero-order chi connectivity index (χ0) is 23.9. The molecule has 0 amide bonds. The summed E-state index contributed by atoms with van der Waals surface area (Å²) in [6.07, 6.45) is 3.08. The van der Waals surface area contributed by atoms with Crippen molar-refractivity contribution in [2.24, 2.45) is 0 Å². The fraction of sp³-hybridized carbons (Fsp3) is 0.269. The third-order valence-corrected chi connectivity index (χ3v) is 7.81. The highest BCUT2D eigenvalue weighted by molar-refractivity contribution is 7.88. The Kier molecular flexibility index (Phi) is 5.97. The third-order valence-electron chi connectivity index (χ3n) is 6.54. The molecule has 34 heavy (non-hydrogen) atoms. The van der Waals surface area contributed by atoms with E-state index in [0.717, 1.165) is 34.3 Å². The molecule has 1 fully saturated rings. The monoisotopic (exact) mass is 478 g/mol. The Balaban J connectivity index is 1.54. The molecule has 1 atom stereocenters. The Morgan fingerprint density at radius 3 is 2.47 bits per heavy atom. The van der Waals surface area contributed by atoms with Crippen molar-refractivity contribution >= 4 is 20.9 Å². The maximum absolute atomic E-state index is 13.4. The fourth-order valence-electron chi connectivity index (χ4n) is 4.74. The quantitative estimate of drug-likeness (QED) is 0.429. The van der Waals surface area contributed by atoms with Crippen LogP contribution in [0, 0.1) is 12.7 Å². The summed E-state index contributed by atoms with van der Waals surface area (Å²) < 4.78 is 41.5. The van der Waals surface area contributed by atoms with Crippen LogP contribution in [0.4, 0.5) is 4.39 Å². The molecule has 3 aromatic carbocycles. The van der Waals surface area contributed by atoms with Crippen molar-refractivity contribution < 1.29 is 12.8 Å². The molecule has 1 saturated heterocycles. The lowest BCUT2D eigenvalue weighted by molar-refractivity contribution is 0.111. The highest BCUT2D eigenvalue weighted by atomic mass is 32.2. The van der Waals surface area contributed by atoms with Gasteiger partial charge in [0.05, 0.1) is 23.7 Å². The summed E-state index contributed by atoms with van der Waals surface area (Å²) in [5.74, 6) is -0.287. The van der Waals surface area contributed by atoms with E-state index in [0.29, 0.717) is 19.6 Å². The van der Waals surface area contributed by atoms with Gasteiger partial charge < -0.3 is 0 Å². The number of nitrogens with zero attached hydrogens (tertiary/aromatic N) is 4. The van der Waals surface area contributed by atoms with Crippen molar-refractivity contribution in [2.45, 2.75) is 19.5 Å². The second-order valence-corrected chi connectivity index (χ2v) is 10.9. The molecule has 1 aromatic heterocycles. The van der Waals surface area contributed by atoms with Crippen molar-refractivity contribution in [1.29, 1.82) is 0 Å². The van der Waals surface area contributed by atoms with Crippen LogP contribution in [-0.4, -0.2) is 53.3 Å². The lowest BCUT2D eigenvalue weighted by Crippen LogP contribution is -2.49. The Labute approximate surface area is 199 Å². The molecule has 1 aliphatic heterocycles. The average Bonchev–Trinajstić information content (AvgIpc) is 3.22. The van der Waals surface area contributed by atoms with E-state index in [4.69, 9.17) is 0 Å². The van der Waals surface area contributed by atoms with Gasteiger partial charge in [0.15, 0.2) is 0 Å². The predicted molar refractivity (Wildman–Crippen MR) is 132 cm³/mol. The van der Waals surface area contributed by atoms with E-state index in [1.807, 2.05) is 18.2 Å². The molecule has 0 bridgehead atoms. The molecule has 0 saturated carbocycles. The van der Waals surface area contributed by atoms with Crippen LogP contribution in [-0.2, 0) is 16.6 Å². The standard InChI is InChI=1S/C26H27FN4O2S/c1-19-14-25-21(16-28-31(25)23-10-8-22(27)9-11-23)15-24(19)26-18-30(34(2,32)33)13-12-29(26)17-20-6-4-3-5-7-20/h3-11,14-16,26H,12-13,17-18H2,1-2H3. The zero-order valence-corrected chi connectivity index (χ0v) is 20.0. The maximum atomic E-state index is 13.4. The first-order chi connectivity index (χ1) is 16.3. The van der Waals surface area contributed by atoms with E-state index >= 15 is 0 Å². The lowest BCUT2D eigenvalue weighted by Gasteiger charge is -2.41. The smallest absolute Gasteiger partial charge is 0.211 e. The summed E-state index contributed by atoms with van der Waals surface area (Å²) in [4.78, 5) is 2.36. The summed E-state index contributed by atoms with van der Waals surface area (Å²) >= 11 is 0. The first kappa shape index (κ1) is 22.7. The molecular formula is C26H27FN4O2S. The molecule has 0 aliphatic carbocycles. The molecule has 0 spiro atoms. The molecule has 0 N–H and O–H groups in total. The Morgan fingerprint density at radius 2 is 1.76 bits per heavy atom. The number of fused-ring (bicyclic) bond motifs is 1. The minimum atomic E-state index is -3.29. The molecule has 1 unspecified atom stereocenters. The highest BCUT2D eigenvalue weighted by Gasteiger charge is 2.33. The average molecular weight is 479 g/mol. The minimum Gasteiger partial charge on any atom is -0.289 e. The number of hydrogen-bond donors (Lipinski definition) is 0. The number of sulfonamides is 1. The molecule has 6 nitrogen and oxygen atoms in total. The summed E-state index contributed by atoms with van der Waals surface area (Å²) in [6, 6.07) is 20.6. The van der Waals surface area contributed by atoms with Gasteiger partial charge in [-0.3, -0.25) is 4.90 Å². The van der Waals surface area contributed by atoms with Crippen LogP contribution in [0.2, 0.25) is 0 Å². The van der Waals surface area contributed by atoms with Crippen LogP contribution in [0.3, 0.4) is 0 Å². The first-order valence-electron chi connectivity index (χ1n) is 11.3. The van der Waals surface area contributed by atoms with Gasteiger partial charge in [-0.25, -0.2) is 17.5 Å². The molecule has 176 valence electrons. The van der Waals surface area contributed by atoms with E-state index in [-0.39, 0.29) is 11.9 Å². The first-order valence-corrected chi connectivity index (χ1v) is 13.1. The van der Waals surface area contributed by atoms with Gasteiger partial charge in [0.1, 0.15) is 5.82 Å². The number of piperazine rings is 1. The van der Waals surface area contributed by atoms with E-state index in [9.17, 15) is 12.8 Å². The van der Waals surface area contributed by atoms with E-state index in [1.165, 1.54) is 24.0 Å². The van der Waals surface area contributed by atoms with Crippen LogP contribution in [0.25, 0.3) is 16.6 Å². The second-order valence-electron chi connectivity index (χ2n) is 8.89. The third kappa shape index (κ3) is 4.49. The van der Waals surface area contributed by atoms with Gasteiger partial charge in [0, 0.05) is 37.6 Å². The number of rotatable bonds is 5. The topological polar surface area (TPSA) is 58.4 Å². The second kappa shape index (κ2) is 8.94.